The summed E-state index contributed by atoms with van der Waals surface area (Å²) in [7, 11) is 3.23. The van der Waals surface area contributed by atoms with Crippen molar-refractivity contribution in [2.45, 2.75) is 12.5 Å². The second-order valence-electron chi connectivity index (χ2n) is 5.01. The van der Waals surface area contributed by atoms with Crippen molar-refractivity contribution in [1.82, 2.24) is 10.2 Å². The van der Waals surface area contributed by atoms with Crippen LogP contribution >= 0.6 is 15.9 Å². The van der Waals surface area contributed by atoms with Gasteiger partial charge < -0.3 is 14.8 Å². The van der Waals surface area contributed by atoms with Crippen LogP contribution in [0.4, 0.5) is 4.39 Å². The van der Waals surface area contributed by atoms with Crippen LogP contribution in [0.2, 0.25) is 0 Å². The highest BCUT2D eigenvalue weighted by atomic mass is 79.9. The van der Waals surface area contributed by atoms with E-state index >= 15 is 0 Å². The molecule has 0 bridgehead atoms. The van der Waals surface area contributed by atoms with Crippen LogP contribution in [-0.2, 0) is 0 Å². The van der Waals surface area contributed by atoms with E-state index in [9.17, 15) is 4.39 Å². The highest BCUT2D eigenvalue weighted by molar-refractivity contribution is 9.10. The summed E-state index contributed by atoms with van der Waals surface area (Å²) in [5, 5.41) is 3.33. The molecule has 0 unspecified atom stereocenters. The van der Waals surface area contributed by atoms with E-state index in [0.29, 0.717) is 17.9 Å². The zero-order valence-electron chi connectivity index (χ0n) is 12.5. The number of alkyl halides is 1. The van der Waals surface area contributed by atoms with Crippen molar-refractivity contribution < 1.29 is 13.9 Å². The van der Waals surface area contributed by atoms with Crippen molar-refractivity contribution in [2.24, 2.45) is 0 Å². The molecule has 0 radical (unpaired) electrons. The first-order valence-corrected chi connectivity index (χ1v) is 7.92. The Morgan fingerprint density at radius 2 is 1.86 bits per heavy atom. The van der Waals surface area contributed by atoms with Crippen molar-refractivity contribution >= 4 is 15.9 Å². The maximum Gasteiger partial charge on any atom is 0.161 e. The van der Waals surface area contributed by atoms with Gasteiger partial charge in [0.1, 0.15) is 0 Å². The zero-order valence-corrected chi connectivity index (χ0v) is 14.1. The van der Waals surface area contributed by atoms with Gasteiger partial charge in [0.05, 0.1) is 20.9 Å². The molecule has 1 N–H and O–H groups in total. The first kappa shape index (κ1) is 16.5. The van der Waals surface area contributed by atoms with Crippen LogP contribution in [0.3, 0.4) is 0 Å². The highest BCUT2D eigenvalue weighted by Crippen LogP contribution is 2.39. The van der Waals surface area contributed by atoms with Crippen LogP contribution in [0, 0.1) is 0 Å². The Balaban J connectivity index is 2.34. The van der Waals surface area contributed by atoms with Gasteiger partial charge in [-0.25, -0.2) is 0 Å². The SMILES string of the molecule is COc1cc(Br)c([C@H](CCF)N2CCNCC2)cc1OC. The van der Waals surface area contributed by atoms with Gasteiger partial charge >= 0.3 is 0 Å². The minimum absolute atomic E-state index is 0.0475. The summed E-state index contributed by atoms with van der Waals surface area (Å²) in [6.07, 6.45) is 0.480. The number of methoxy groups -OCH3 is 2. The van der Waals surface area contributed by atoms with Gasteiger partial charge in [0.25, 0.3) is 0 Å². The molecule has 2 rings (SSSR count). The highest BCUT2D eigenvalue weighted by Gasteiger charge is 2.25. The second kappa shape index (κ2) is 7.96. The first-order chi connectivity index (χ1) is 10.2. The molecule has 118 valence electrons. The lowest BCUT2D eigenvalue weighted by atomic mass is 10.0. The summed E-state index contributed by atoms with van der Waals surface area (Å²) < 4.78 is 24.6. The van der Waals surface area contributed by atoms with Crippen LogP contribution < -0.4 is 14.8 Å². The Kier molecular flexibility index (Phi) is 6.26. The van der Waals surface area contributed by atoms with Crippen molar-refractivity contribution in [3.8, 4) is 11.5 Å². The Bertz CT molecular complexity index is 467. The number of ether oxygens (including phenoxy) is 2. The van der Waals surface area contributed by atoms with E-state index in [1.54, 1.807) is 14.2 Å². The van der Waals surface area contributed by atoms with Gasteiger partial charge in [-0.1, -0.05) is 15.9 Å². The molecule has 0 amide bonds. The van der Waals surface area contributed by atoms with Crippen LogP contribution in [0.25, 0.3) is 0 Å². The third-order valence-corrected chi connectivity index (χ3v) is 4.52. The van der Waals surface area contributed by atoms with E-state index in [0.717, 1.165) is 36.2 Å². The minimum Gasteiger partial charge on any atom is -0.493 e. The van der Waals surface area contributed by atoms with E-state index < -0.39 is 0 Å². The molecular weight excluding hydrogens is 339 g/mol. The summed E-state index contributed by atoms with van der Waals surface area (Å²) >= 11 is 3.59. The molecule has 1 saturated heterocycles. The summed E-state index contributed by atoms with van der Waals surface area (Å²) in [5.74, 6) is 1.35. The van der Waals surface area contributed by atoms with Gasteiger partial charge in [-0.3, -0.25) is 9.29 Å². The topological polar surface area (TPSA) is 33.7 Å². The lowest BCUT2D eigenvalue weighted by molar-refractivity contribution is 0.156. The average molecular weight is 361 g/mol. The fourth-order valence-corrected chi connectivity index (χ4v) is 3.34. The summed E-state index contributed by atoms with van der Waals surface area (Å²) in [4.78, 5) is 2.32. The van der Waals surface area contributed by atoms with Gasteiger partial charge in [-0.2, -0.15) is 0 Å². The average Bonchev–Trinajstić information content (AvgIpc) is 2.53. The van der Waals surface area contributed by atoms with Crippen molar-refractivity contribution in [3.05, 3.63) is 22.2 Å². The quantitative estimate of drug-likeness (QED) is 0.845. The molecule has 0 aromatic heterocycles. The van der Waals surface area contributed by atoms with Crippen molar-refractivity contribution in [1.29, 1.82) is 0 Å². The molecule has 21 heavy (non-hydrogen) atoms. The molecule has 1 aromatic rings. The number of hydrogen-bond acceptors (Lipinski definition) is 4. The summed E-state index contributed by atoms with van der Waals surface area (Å²) in [6.45, 7) is 3.38. The monoisotopic (exact) mass is 360 g/mol. The van der Waals surface area contributed by atoms with E-state index in [1.165, 1.54) is 0 Å². The first-order valence-electron chi connectivity index (χ1n) is 7.13. The molecule has 1 heterocycles. The number of nitrogens with one attached hydrogen (secondary N) is 1. The Labute approximate surface area is 133 Å². The molecule has 1 aromatic carbocycles. The van der Waals surface area contributed by atoms with Crippen LogP contribution in [0.1, 0.15) is 18.0 Å². The van der Waals surface area contributed by atoms with Crippen LogP contribution in [0.5, 0.6) is 11.5 Å². The Hall–Kier alpha value is -0.850. The number of piperazine rings is 1. The fraction of sp³-hybridized carbons (Fsp3) is 0.600. The third kappa shape index (κ3) is 3.87. The molecule has 1 atom stereocenters. The maximum absolute atomic E-state index is 13.0. The molecular formula is C15H22BrFN2O2. The van der Waals surface area contributed by atoms with E-state index in [-0.39, 0.29) is 12.7 Å². The molecule has 0 saturated carbocycles. The van der Waals surface area contributed by atoms with Gasteiger partial charge in [0.2, 0.25) is 0 Å². The van der Waals surface area contributed by atoms with Crippen LogP contribution in [-0.4, -0.2) is 52.0 Å². The fourth-order valence-electron chi connectivity index (χ4n) is 2.76. The van der Waals surface area contributed by atoms with E-state index in [2.05, 4.69) is 26.1 Å². The number of nitrogens with zero attached hydrogens (tertiary/aromatic N) is 1. The molecule has 1 aliphatic rings. The van der Waals surface area contributed by atoms with Crippen LogP contribution in [0.15, 0.2) is 16.6 Å². The molecule has 1 fully saturated rings. The summed E-state index contributed by atoms with van der Waals surface area (Å²) in [6, 6.07) is 3.89. The predicted molar refractivity (Wildman–Crippen MR) is 85.0 cm³/mol. The molecule has 4 nitrogen and oxygen atoms in total. The van der Waals surface area contributed by atoms with Gasteiger partial charge in [0, 0.05) is 36.7 Å². The van der Waals surface area contributed by atoms with Gasteiger partial charge in [-0.15, -0.1) is 0 Å². The molecule has 6 heteroatoms. The largest absolute Gasteiger partial charge is 0.493 e. The number of halogens is 2. The smallest absolute Gasteiger partial charge is 0.161 e. The zero-order chi connectivity index (χ0) is 15.2. The number of benzene rings is 1. The van der Waals surface area contributed by atoms with E-state index in [4.69, 9.17) is 9.47 Å². The summed E-state index contributed by atoms with van der Waals surface area (Å²) in [5.41, 5.74) is 1.05. The predicted octanol–water partition coefficient (Wildman–Crippen LogP) is 2.77. The van der Waals surface area contributed by atoms with Crippen molar-refractivity contribution in [3.63, 3.8) is 0 Å². The lowest BCUT2D eigenvalue weighted by Gasteiger charge is -2.35. The maximum atomic E-state index is 13.0. The minimum atomic E-state index is -0.338. The van der Waals surface area contributed by atoms with Gasteiger partial charge in [0.15, 0.2) is 11.5 Å². The van der Waals surface area contributed by atoms with Crippen molar-refractivity contribution in [2.75, 3.05) is 47.1 Å². The second-order valence-corrected chi connectivity index (χ2v) is 5.86. The lowest BCUT2D eigenvalue weighted by Crippen LogP contribution is -2.45. The normalized spacial score (nSPS) is 17.5. The number of hydrogen-bond donors (Lipinski definition) is 1. The molecule has 1 aliphatic heterocycles. The Morgan fingerprint density at radius 1 is 1.24 bits per heavy atom. The standard InChI is InChI=1S/C15H22BrFN2O2/c1-20-14-9-11(12(16)10-15(14)21-2)13(3-4-17)19-7-5-18-6-8-19/h9-10,13,18H,3-8H2,1-2H3/t13-/m0/s1. The van der Waals surface area contributed by atoms with E-state index in [1.807, 2.05) is 12.1 Å². The molecule has 0 spiro atoms. The Morgan fingerprint density at radius 3 is 2.43 bits per heavy atom. The van der Waals surface area contributed by atoms with Gasteiger partial charge in [-0.05, 0) is 24.1 Å². The number of rotatable bonds is 6. The third-order valence-electron chi connectivity index (χ3n) is 3.84. The molecule has 0 aliphatic carbocycles.